The number of nitrogens with one attached hydrogen (secondary N) is 1. The minimum atomic E-state index is -1.08. The summed E-state index contributed by atoms with van der Waals surface area (Å²) in [6.45, 7) is 1.94. The van der Waals surface area contributed by atoms with Crippen molar-refractivity contribution in [1.29, 1.82) is 0 Å². The van der Waals surface area contributed by atoms with Crippen LogP contribution in [-0.4, -0.2) is 37.7 Å². The first-order chi connectivity index (χ1) is 11.9. The Morgan fingerprint density at radius 3 is 2.60 bits per heavy atom. The molecule has 1 aromatic carbocycles. The number of carbonyl (C=O) groups excluding carboxylic acids is 1. The van der Waals surface area contributed by atoms with Gasteiger partial charge in [0.2, 0.25) is 0 Å². The van der Waals surface area contributed by atoms with Crippen LogP contribution >= 0.6 is 0 Å². The average molecular weight is 346 g/mol. The van der Waals surface area contributed by atoms with E-state index >= 15 is 0 Å². The molecule has 2 aromatic rings. The van der Waals surface area contributed by atoms with E-state index in [1.54, 1.807) is 0 Å². The molecule has 1 amide bonds. The van der Waals surface area contributed by atoms with Crippen LogP contribution in [0, 0.1) is 10.1 Å². The molecular weight excluding hydrogens is 328 g/mol. The van der Waals surface area contributed by atoms with Crippen LogP contribution in [0.2, 0.25) is 0 Å². The van der Waals surface area contributed by atoms with Crippen LogP contribution in [0.4, 0.5) is 5.69 Å². The van der Waals surface area contributed by atoms with E-state index in [9.17, 15) is 19.7 Å². The van der Waals surface area contributed by atoms with Gasteiger partial charge in [0.1, 0.15) is 6.04 Å². The fourth-order valence-electron chi connectivity index (χ4n) is 2.22. The minimum absolute atomic E-state index is 0.0471. The number of unbranched alkanes of at least 4 members (excludes halogenated alkanes) is 1. The number of aromatic nitrogens is 2. The standard InChI is InChI=1S/C16H18N4O5/c1-2-3-4-14(16(22)23)18-15(21)11-9-17-19(10-11)12-5-7-13(8-6-12)20(24)25/h5-10,14H,2-4H2,1H3,(H,18,21)(H,22,23). The Morgan fingerprint density at radius 2 is 2.04 bits per heavy atom. The molecule has 132 valence electrons. The molecule has 0 aliphatic carbocycles. The zero-order chi connectivity index (χ0) is 18.4. The number of carboxylic acid groups (broad SMARTS) is 1. The fraction of sp³-hybridized carbons (Fsp3) is 0.312. The lowest BCUT2D eigenvalue weighted by Gasteiger charge is -2.13. The second kappa shape index (κ2) is 8.04. The van der Waals surface area contributed by atoms with Gasteiger partial charge >= 0.3 is 5.97 Å². The van der Waals surface area contributed by atoms with Crippen LogP contribution in [0.25, 0.3) is 5.69 Å². The topological polar surface area (TPSA) is 127 Å². The summed E-state index contributed by atoms with van der Waals surface area (Å²) >= 11 is 0. The van der Waals surface area contributed by atoms with Gasteiger partial charge in [0, 0.05) is 18.3 Å². The molecule has 0 bridgehead atoms. The van der Waals surface area contributed by atoms with Gasteiger partial charge in [-0.05, 0) is 18.6 Å². The van der Waals surface area contributed by atoms with Crippen molar-refractivity contribution in [3.63, 3.8) is 0 Å². The van der Waals surface area contributed by atoms with Crippen LogP contribution in [-0.2, 0) is 4.79 Å². The number of carbonyl (C=O) groups is 2. The summed E-state index contributed by atoms with van der Waals surface area (Å²) in [5, 5.41) is 26.3. The molecule has 1 heterocycles. The second-order valence-electron chi connectivity index (χ2n) is 5.45. The highest BCUT2D eigenvalue weighted by molar-refractivity contribution is 5.96. The largest absolute Gasteiger partial charge is 0.480 e. The SMILES string of the molecule is CCCCC(NC(=O)c1cnn(-c2ccc([N+](=O)[O-])cc2)c1)C(=O)O. The first kappa shape index (κ1) is 18.1. The van der Waals surface area contributed by atoms with Crippen LogP contribution in [0.1, 0.15) is 36.5 Å². The van der Waals surface area contributed by atoms with E-state index in [-0.39, 0.29) is 11.3 Å². The van der Waals surface area contributed by atoms with Gasteiger partial charge in [-0.1, -0.05) is 19.8 Å². The lowest BCUT2D eigenvalue weighted by molar-refractivity contribution is -0.384. The number of non-ortho nitro benzene ring substituents is 1. The molecular formula is C16H18N4O5. The molecule has 2 rings (SSSR count). The van der Waals surface area contributed by atoms with Gasteiger partial charge in [-0.25, -0.2) is 9.48 Å². The maximum atomic E-state index is 12.2. The molecule has 0 saturated carbocycles. The van der Waals surface area contributed by atoms with Gasteiger partial charge < -0.3 is 10.4 Å². The monoisotopic (exact) mass is 346 g/mol. The van der Waals surface area contributed by atoms with Crippen LogP contribution in [0.3, 0.4) is 0 Å². The van der Waals surface area contributed by atoms with E-state index in [4.69, 9.17) is 5.11 Å². The quantitative estimate of drug-likeness (QED) is 0.557. The molecule has 9 heteroatoms. The summed E-state index contributed by atoms with van der Waals surface area (Å²) in [7, 11) is 0. The Hall–Kier alpha value is -3.23. The smallest absolute Gasteiger partial charge is 0.326 e. The van der Waals surface area contributed by atoms with Crippen molar-refractivity contribution >= 4 is 17.6 Å². The van der Waals surface area contributed by atoms with E-state index < -0.39 is 22.8 Å². The highest BCUT2D eigenvalue weighted by atomic mass is 16.6. The van der Waals surface area contributed by atoms with Crippen molar-refractivity contribution in [1.82, 2.24) is 15.1 Å². The highest BCUT2D eigenvalue weighted by Crippen LogP contribution is 2.15. The van der Waals surface area contributed by atoms with E-state index in [0.717, 1.165) is 6.42 Å². The molecule has 1 aromatic heterocycles. The van der Waals surface area contributed by atoms with Gasteiger partial charge in [-0.15, -0.1) is 0 Å². The first-order valence-electron chi connectivity index (χ1n) is 7.75. The van der Waals surface area contributed by atoms with Crippen molar-refractivity contribution in [2.75, 3.05) is 0 Å². The summed E-state index contributed by atoms with van der Waals surface area (Å²) in [5.41, 5.74) is 0.709. The first-order valence-corrected chi connectivity index (χ1v) is 7.75. The number of benzene rings is 1. The number of nitro groups is 1. The van der Waals surface area contributed by atoms with Crippen LogP contribution < -0.4 is 5.32 Å². The predicted molar refractivity (Wildman–Crippen MR) is 88.6 cm³/mol. The summed E-state index contributed by atoms with van der Waals surface area (Å²) in [6.07, 6.45) is 4.63. The minimum Gasteiger partial charge on any atom is -0.480 e. The van der Waals surface area contributed by atoms with E-state index in [1.165, 1.54) is 41.3 Å². The zero-order valence-corrected chi connectivity index (χ0v) is 13.6. The Labute approximate surface area is 143 Å². The molecule has 25 heavy (non-hydrogen) atoms. The van der Waals surface area contributed by atoms with Crippen LogP contribution in [0.15, 0.2) is 36.7 Å². The molecule has 0 spiro atoms. The third kappa shape index (κ3) is 4.63. The zero-order valence-electron chi connectivity index (χ0n) is 13.6. The molecule has 0 fully saturated rings. The van der Waals surface area contributed by atoms with Crippen molar-refractivity contribution in [2.45, 2.75) is 32.2 Å². The lowest BCUT2D eigenvalue weighted by Crippen LogP contribution is -2.40. The summed E-state index contributed by atoms with van der Waals surface area (Å²) in [6, 6.07) is 4.74. The Morgan fingerprint density at radius 1 is 1.36 bits per heavy atom. The molecule has 9 nitrogen and oxygen atoms in total. The molecule has 0 aliphatic heterocycles. The molecule has 1 atom stereocenters. The lowest BCUT2D eigenvalue weighted by atomic mass is 10.1. The van der Waals surface area contributed by atoms with Gasteiger partial charge in [0.25, 0.3) is 11.6 Å². The third-order valence-corrected chi connectivity index (χ3v) is 3.62. The maximum Gasteiger partial charge on any atom is 0.326 e. The van der Waals surface area contributed by atoms with Gasteiger partial charge in [-0.2, -0.15) is 5.10 Å². The molecule has 0 radical (unpaired) electrons. The number of rotatable bonds is 8. The average Bonchev–Trinajstić information content (AvgIpc) is 3.08. The molecule has 0 saturated heterocycles. The normalized spacial score (nSPS) is 11.7. The van der Waals surface area contributed by atoms with Gasteiger partial charge in [-0.3, -0.25) is 14.9 Å². The van der Waals surface area contributed by atoms with Crippen molar-refractivity contribution in [2.24, 2.45) is 0 Å². The fourth-order valence-corrected chi connectivity index (χ4v) is 2.22. The number of aliphatic carboxylic acids is 1. The molecule has 2 N–H and O–H groups in total. The Balaban J connectivity index is 2.10. The van der Waals surface area contributed by atoms with Gasteiger partial charge in [0.15, 0.2) is 0 Å². The van der Waals surface area contributed by atoms with E-state index in [2.05, 4.69) is 10.4 Å². The Bertz CT molecular complexity index is 769. The maximum absolute atomic E-state index is 12.2. The predicted octanol–water partition coefficient (Wildman–Crippen LogP) is 2.15. The van der Waals surface area contributed by atoms with Crippen molar-refractivity contribution in [3.05, 3.63) is 52.3 Å². The van der Waals surface area contributed by atoms with Crippen LogP contribution in [0.5, 0.6) is 0 Å². The van der Waals surface area contributed by atoms with Gasteiger partial charge in [0.05, 0.1) is 22.4 Å². The van der Waals surface area contributed by atoms with E-state index in [1.807, 2.05) is 6.92 Å². The molecule has 0 aliphatic rings. The summed E-state index contributed by atoms with van der Waals surface area (Å²) < 4.78 is 1.39. The number of hydrogen-bond acceptors (Lipinski definition) is 5. The number of amides is 1. The number of carboxylic acids is 1. The van der Waals surface area contributed by atoms with E-state index in [0.29, 0.717) is 18.5 Å². The number of hydrogen-bond donors (Lipinski definition) is 2. The van der Waals surface area contributed by atoms with Crippen molar-refractivity contribution < 1.29 is 19.6 Å². The summed E-state index contributed by atoms with van der Waals surface area (Å²) in [5.74, 6) is -1.61. The number of nitro benzene ring substituents is 1. The molecule has 1 unspecified atom stereocenters. The highest BCUT2D eigenvalue weighted by Gasteiger charge is 2.21. The Kier molecular flexibility index (Phi) is 5.83. The summed E-state index contributed by atoms with van der Waals surface area (Å²) in [4.78, 5) is 33.5. The third-order valence-electron chi connectivity index (χ3n) is 3.62. The second-order valence-corrected chi connectivity index (χ2v) is 5.45. The van der Waals surface area contributed by atoms with Crippen molar-refractivity contribution in [3.8, 4) is 5.69 Å². The number of nitrogens with zero attached hydrogens (tertiary/aromatic N) is 3.